The number of anilines is 1. The zero-order valence-electron chi connectivity index (χ0n) is 8.04. The van der Waals surface area contributed by atoms with Gasteiger partial charge < -0.3 is 15.0 Å². The van der Waals surface area contributed by atoms with Gasteiger partial charge in [0.05, 0.1) is 13.4 Å². The summed E-state index contributed by atoms with van der Waals surface area (Å²) in [5, 5.41) is 0. The largest absolute Gasteiger partial charge is 0.468 e. The van der Waals surface area contributed by atoms with Gasteiger partial charge in [0.2, 0.25) is 0 Å². The van der Waals surface area contributed by atoms with Gasteiger partial charge >= 0.3 is 5.97 Å². The Morgan fingerprint density at radius 2 is 2.33 bits per heavy atom. The molecule has 0 radical (unpaired) electrons. The number of ether oxygens (including phenoxy) is 1. The van der Waals surface area contributed by atoms with Crippen LogP contribution in [0.15, 0.2) is 12.7 Å². The van der Waals surface area contributed by atoms with Gasteiger partial charge in [-0.3, -0.25) is 4.79 Å². The average molecular weight is 207 g/mol. The maximum absolute atomic E-state index is 11.1. The molecule has 0 bridgehead atoms. The maximum atomic E-state index is 11.1. The Balaban J connectivity index is 2.48. The van der Waals surface area contributed by atoms with E-state index in [9.17, 15) is 4.79 Å². The number of aromatic nitrogens is 4. The smallest absolute Gasteiger partial charge is 0.325 e. The van der Waals surface area contributed by atoms with Crippen molar-refractivity contribution in [2.24, 2.45) is 0 Å². The second kappa shape index (κ2) is 3.52. The van der Waals surface area contributed by atoms with Crippen molar-refractivity contribution in [1.82, 2.24) is 19.5 Å². The van der Waals surface area contributed by atoms with Crippen LogP contribution in [0.25, 0.3) is 11.2 Å². The zero-order chi connectivity index (χ0) is 10.8. The lowest BCUT2D eigenvalue weighted by Crippen LogP contribution is -2.11. The topological polar surface area (TPSA) is 95.9 Å². The molecule has 2 aromatic heterocycles. The van der Waals surface area contributed by atoms with E-state index in [2.05, 4.69) is 19.7 Å². The highest BCUT2D eigenvalue weighted by Crippen LogP contribution is 2.14. The SMILES string of the molecule is COC(=O)Cn1cnc2ncnc(N)c21. The van der Waals surface area contributed by atoms with E-state index < -0.39 is 0 Å². The molecule has 0 spiro atoms. The van der Waals surface area contributed by atoms with Crippen molar-refractivity contribution in [1.29, 1.82) is 0 Å². The van der Waals surface area contributed by atoms with Crippen molar-refractivity contribution < 1.29 is 9.53 Å². The molecule has 2 rings (SSSR count). The van der Waals surface area contributed by atoms with Crippen LogP contribution in [0.2, 0.25) is 0 Å². The number of nitrogen functional groups attached to an aromatic ring is 1. The number of esters is 1. The van der Waals surface area contributed by atoms with Gasteiger partial charge in [-0.1, -0.05) is 0 Å². The van der Waals surface area contributed by atoms with Gasteiger partial charge in [-0.2, -0.15) is 0 Å². The summed E-state index contributed by atoms with van der Waals surface area (Å²) in [5.41, 5.74) is 6.66. The standard InChI is InChI=1S/C8H9N5O2/c1-15-5(14)2-13-4-12-8-6(13)7(9)10-3-11-8/h3-4H,2H2,1H3,(H2,9,10,11). The number of methoxy groups -OCH3 is 1. The van der Waals surface area contributed by atoms with E-state index in [4.69, 9.17) is 5.73 Å². The number of imidazole rings is 1. The average Bonchev–Trinajstić information content (AvgIpc) is 2.63. The van der Waals surface area contributed by atoms with Crippen LogP contribution >= 0.6 is 0 Å². The number of carbonyl (C=O) groups is 1. The number of carbonyl (C=O) groups excluding carboxylic acids is 1. The van der Waals surface area contributed by atoms with Crippen LogP contribution in [0.5, 0.6) is 0 Å². The third-order valence-corrected chi connectivity index (χ3v) is 1.96. The molecule has 0 fully saturated rings. The number of nitrogens with zero attached hydrogens (tertiary/aromatic N) is 4. The summed E-state index contributed by atoms with van der Waals surface area (Å²) in [6, 6.07) is 0. The van der Waals surface area contributed by atoms with E-state index in [0.717, 1.165) is 0 Å². The fourth-order valence-electron chi connectivity index (χ4n) is 1.26. The Bertz CT molecular complexity index is 507. The second-order valence-electron chi connectivity index (χ2n) is 2.88. The fourth-order valence-corrected chi connectivity index (χ4v) is 1.26. The van der Waals surface area contributed by atoms with Crippen molar-refractivity contribution >= 4 is 23.0 Å². The van der Waals surface area contributed by atoms with E-state index in [1.54, 1.807) is 4.57 Å². The van der Waals surface area contributed by atoms with Gasteiger partial charge in [-0.05, 0) is 0 Å². The van der Waals surface area contributed by atoms with Gasteiger partial charge in [0.25, 0.3) is 0 Å². The van der Waals surface area contributed by atoms with Gasteiger partial charge in [0.15, 0.2) is 11.5 Å². The highest BCUT2D eigenvalue weighted by Gasteiger charge is 2.10. The molecular weight excluding hydrogens is 198 g/mol. The molecule has 2 N–H and O–H groups in total. The summed E-state index contributed by atoms with van der Waals surface area (Å²) >= 11 is 0. The highest BCUT2D eigenvalue weighted by molar-refractivity contribution is 5.83. The van der Waals surface area contributed by atoms with Gasteiger partial charge in [0.1, 0.15) is 18.4 Å². The van der Waals surface area contributed by atoms with Crippen LogP contribution in [0, 0.1) is 0 Å². The van der Waals surface area contributed by atoms with Crippen LogP contribution in [0.4, 0.5) is 5.82 Å². The maximum Gasteiger partial charge on any atom is 0.325 e. The van der Waals surface area contributed by atoms with Gasteiger partial charge in [0, 0.05) is 0 Å². The molecule has 15 heavy (non-hydrogen) atoms. The minimum Gasteiger partial charge on any atom is -0.468 e. The van der Waals surface area contributed by atoms with Crippen molar-refractivity contribution in [3.8, 4) is 0 Å². The summed E-state index contributed by atoms with van der Waals surface area (Å²) in [7, 11) is 1.32. The minimum absolute atomic E-state index is 0.0462. The predicted molar refractivity (Wildman–Crippen MR) is 51.8 cm³/mol. The van der Waals surface area contributed by atoms with E-state index in [1.807, 2.05) is 0 Å². The molecular formula is C8H9N5O2. The third-order valence-electron chi connectivity index (χ3n) is 1.96. The first-order chi connectivity index (χ1) is 7.22. The van der Waals surface area contributed by atoms with Crippen molar-refractivity contribution in [2.45, 2.75) is 6.54 Å². The summed E-state index contributed by atoms with van der Waals surface area (Å²) in [6.07, 6.45) is 2.81. The molecule has 0 aliphatic rings. The molecule has 0 unspecified atom stereocenters. The first-order valence-corrected chi connectivity index (χ1v) is 4.20. The van der Waals surface area contributed by atoms with Crippen LogP contribution in [0.3, 0.4) is 0 Å². The fraction of sp³-hybridized carbons (Fsp3) is 0.250. The van der Waals surface area contributed by atoms with Crippen LogP contribution in [0.1, 0.15) is 0 Å². The Morgan fingerprint density at radius 1 is 1.53 bits per heavy atom. The monoisotopic (exact) mass is 207 g/mol. The predicted octanol–water partition coefficient (Wildman–Crippen LogP) is -0.419. The minimum atomic E-state index is -0.377. The van der Waals surface area contributed by atoms with Gasteiger partial charge in [-0.15, -0.1) is 0 Å². The number of nitrogens with two attached hydrogens (primary N) is 1. The molecule has 7 nitrogen and oxygen atoms in total. The Labute approximate surface area is 84.9 Å². The van der Waals surface area contributed by atoms with E-state index in [-0.39, 0.29) is 12.5 Å². The molecule has 0 saturated carbocycles. The lowest BCUT2D eigenvalue weighted by Gasteiger charge is -2.02. The zero-order valence-corrected chi connectivity index (χ0v) is 8.04. The number of hydrogen-bond acceptors (Lipinski definition) is 6. The molecule has 0 aromatic carbocycles. The molecule has 2 heterocycles. The molecule has 7 heteroatoms. The van der Waals surface area contributed by atoms with Crippen LogP contribution in [-0.4, -0.2) is 32.6 Å². The van der Waals surface area contributed by atoms with E-state index in [0.29, 0.717) is 17.0 Å². The van der Waals surface area contributed by atoms with E-state index in [1.165, 1.54) is 19.8 Å². The van der Waals surface area contributed by atoms with Crippen molar-refractivity contribution in [3.63, 3.8) is 0 Å². The number of fused-ring (bicyclic) bond motifs is 1. The molecule has 0 aliphatic carbocycles. The first-order valence-electron chi connectivity index (χ1n) is 4.20. The molecule has 2 aromatic rings. The summed E-state index contributed by atoms with van der Waals surface area (Å²) in [4.78, 5) is 22.8. The van der Waals surface area contributed by atoms with Crippen LogP contribution in [-0.2, 0) is 16.1 Å². The molecule has 78 valence electrons. The van der Waals surface area contributed by atoms with Crippen molar-refractivity contribution in [3.05, 3.63) is 12.7 Å². The summed E-state index contributed by atoms with van der Waals surface area (Å²) in [6.45, 7) is 0.0462. The first kappa shape index (κ1) is 9.38. The Kier molecular flexibility index (Phi) is 2.20. The molecule has 0 atom stereocenters. The lowest BCUT2D eigenvalue weighted by atomic mass is 10.5. The Hall–Kier alpha value is -2.18. The summed E-state index contributed by atoms with van der Waals surface area (Å²) < 4.78 is 6.10. The van der Waals surface area contributed by atoms with E-state index >= 15 is 0 Å². The molecule has 0 aliphatic heterocycles. The number of rotatable bonds is 2. The molecule has 0 amide bonds. The lowest BCUT2D eigenvalue weighted by molar-refractivity contribution is -0.141. The highest BCUT2D eigenvalue weighted by atomic mass is 16.5. The Morgan fingerprint density at radius 3 is 3.07 bits per heavy atom. The number of hydrogen-bond donors (Lipinski definition) is 1. The third kappa shape index (κ3) is 1.58. The molecule has 0 saturated heterocycles. The second-order valence-corrected chi connectivity index (χ2v) is 2.88. The summed E-state index contributed by atoms with van der Waals surface area (Å²) in [5.74, 6) is -0.0843. The van der Waals surface area contributed by atoms with Crippen molar-refractivity contribution in [2.75, 3.05) is 12.8 Å². The van der Waals surface area contributed by atoms with Gasteiger partial charge in [-0.25, -0.2) is 15.0 Å². The quantitative estimate of drug-likeness (QED) is 0.672. The van der Waals surface area contributed by atoms with Crippen LogP contribution < -0.4 is 5.73 Å². The normalized spacial score (nSPS) is 10.5.